The van der Waals surface area contributed by atoms with Crippen LogP contribution in [0.15, 0.2) is 84.0 Å². The smallest absolute Gasteiger partial charge is 0.251 e. The first kappa shape index (κ1) is 20.8. The van der Waals surface area contributed by atoms with Gasteiger partial charge in [-0.3, -0.25) is 9.36 Å². The number of carbonyl (C=O) groups excluding carboxylic acids is 1. The summed E-state index contributed by atoms with van der Waals surface area (Å²) in [4.78, 5) is 11.9. The predicted octanol–water partition coefficient (Wildman–Crippen LogP) is 4.78. The van der Waals surface area contributed by atoms with Crippen LogP contribution in [0.3, 0.4) is 0 Å². The first-order valence-corrected chi connectivity index (χ1v) is 10.8. The van der Waals surface area contributed by atoms with Crippen molar-refractivity contribution in [3.63, 3.8) is 0 Å². The molecule has 0 spiro atoms. The number of amides is 1. The highest BCUT2D eigenvalue weighted by Crippen LogP contribution is 2.29. The van der Waals surface area contributed by atoms with Crippen LogP contribution in [0.2, 0.25) is 0 Å². The van der Waals surface area contributed by atoms with Crippen molar-refractivity contribution in [2.75, 3.05) is 7.05 Å². The van der Waals surface area contributed by atoms with E-state index in [1.54, 1.807) is 31.3 Å². The maximum Gasteiger partial charge on any atom is 0.251 e. The van der Waals surface area contributed by atoms with Crippen LogP contribution in [0.5, 0.6) is 0 Å². The zero-order valence-corrected chi connectivity index (χ0v) is 17.8. The Labute approximate surface area is 184 Å². The first-order valence-electron chi connectivity index (χ1n) is 9.81. The molecule has 0 atom stereocenters. The summed E-state index contributed by atoms with van der Waals surface area (Å²) in [6, 6.07) is 24.0. The van der Waals surface area contributed by atoms with Gasteiger partial charge in [-0.25, -0.2) is 4.39 Å². The molecule has 3 aromatic carbocycles. The van der Waals surface area contributed by atoms with Crippen molar-refractivity contribution in [1.82, 2.24) is 20.1 Å². The number of aromatic nitrogens is 3. The molecule has 0 bridgehead atoms. The molecule has 0 saturated carbocycles. The molecule has 1 aromatic heterocycles. The van der Waals surface area contributed by atoms with Gasteiger partial charge in [-0.1, -0.05) is 66.4 Å². The van der Waals surface area contributed by atoms with E-state index in [4.69, 9.17) is 0 Å². The maximum atomic E-state index is 14.5. The minimum Gasteiger partial charge on any atom is -0.355 e. The minimum atomic E-state index is -0.334. The van der Waals surface area contributed by atoms with Crippen molar-refractivity contribution < 1.29 is 9.18 Å². The molecule has 156 valence electrons. The van der Waals surface area contributed by atoms with Gasteiger partial charge in [-0.15, -0.1) is 10.2 Å². The van der Waals surface area contributed by atoms with Crippen LogP contribution in [-0.4, -0.2) is 27.7 Å². The number of hydrogen-bond acceptors (Lipinski definition) is 4. The van der Waals surface area contributed by atoms with Crippen LogP contribution in [-0.2, 0) is 12.3 Å². The van der Waals surface area contributed by atoms with Crippen molar-refractivity contribution in [3.05, 3.63) is 101 Å². The lowest BCUT2D eigenvalue weighted by Crippen LogP contribution is -2.17. The van der Waals surface area contributed by atoms with Gasteiger partial charge in [-0.05, 0) is 35.4 Å². The molecule has 0 unspecified atom stereocenters. The van der Waals surface area contributed by atoms with Crippen molar-refractivity contribution in [1.29, 1.82) is 0 Å². The van der Waals surface area contributed by atoms with Crippen molar-refractivity contribution in [2.45, 2.75) is 17.5 Å². The fourth-order valence-electron chi connectivity index (χ4n) is 3.24. The summed E-state index contributed by atoms with van der Waals surface area (Å²) in [5.74, 6) is 0.637. The SMILES string of the molecule is CNC(=O)c1cccc(CSc2nnc(-c3ccccc3F)n2Cc2ccccc2)c1. The summed E-state index contributed by atoms with van der Waals surface area (Å²) in [6.45, 7) is 0.526. The Morgan fingerprint density at radius 2 is 1.71 bits per heavy atom. The Hall–Kier alpha value is -3.45. The fourth-order valence-corrected chi connectivity index (χ4v) is 4.12. The quantitative estimate of drug-likeness (QED) is 0.427. The number of halogens is 1. The van der Waals surface area contributed by atoms with Crippen molar-refractivity contribution in [3.8, 4) is 11.4 Å². The highest BCUT2D eigenvalue weighted by atomic mass is 32.2. The second kappa shape index (κ2) is 9.57. The predicted molar refractivity (Wildman–Crippen MR) is 120 cm³/mol. The summed E-state index contributed by atoms with van der Waals surface area (Å²) in [5.41, 5.74) is 3.09. The molecule has 0 fully saturated rings. The molecule has 7 heteroatoms. The van der Waals surface area contributed by atoms with Crippen LogP contribution < -0.4 is 5.32 Å². The summed E-state index contributed by atoms with van der Waals surface area (Å²) in [6.07, 6.45) is 0. The molecule has 0 radical (unpaired) electrons. The summed E-state index contributed by atoms with van der Waals surface area (Å²) >= 11 is 1.50. The summed E-state index contributed by atoms with van der Waals surface area (Å²) in [7, 11) is 1.61. The number of hydrogen-bond donors (Lipinski definition) is 1. The van der Waals surface area contributed by atoms with Gasteiger partial charge in [0.05, 0.1) is 12.1 Å². The molecule has 31 heavy (non-hydrogen) atoms. The highest BCUT2D eigenvalue weighted by Gasteiger charge is 2.17. The van der Waals surface area contributed by atoms with Crippen LogP contribution >= 0.6 is 11.8 Å². The van der Waals surface area contributed by atoms with E-state index < -0.39 is 0 Å². The number of benzene rings is 3. The topological polar surface area (TPSA) is 59.8 Å². The lowest BCUT2D eigenvalue weighted by Gasteiger charge is -2.11. The lowest BCUT2D eigenvalue weighted by molar-refractivity contribution is 0.0963. The second-order valence-corrected chi connectivity index (χ2v) is 7.87. The highest BCUT2D eigenvalue weighted by molar-refractivity contribution is 7.98. The van der Waals surface area contributed by atoms with E-state index in [0.717, 1.165) is 11.1 Å². The molecule has 1 N–H and O–H groups in total. The standard InChI is InChI=1S/C24H21FN4OS/c1-26-23(30)19-11-7-10-18(14-19)16-31-24-28-27-22(20-12-5-6-13-21(20)25)29(24)15-17-8-3-2-4-9-17/h2-14H,15-16H2,1H3,(H,26,30). The molecular weight excluding hydrogens is 411 g/mol. The Morgan fingerprint density at radius 3 is 2.48 bits per heavy atom. The molecule has 0 aliphatic rings. The van der Waals surface area contributed by atoms with E-state index in [2.05, 4.69) is 15.5 Å². The van der Waals surface area contributed by atoms with Gasteiger partial charge < -0.3 is 5.32 Å². The molecular formula is C24H21FN4OS. The molecule has 4 aromatic rings. The molecule has 0 saturated heterocycles. The third-order valence-electron chi connectivity index (χ3n) is 4.80. The van der Waals surface area contributed by atoms with Gasteiger partial charge in [0.15, 0.2) is 11.0 Å². The Kier molecular flexibility index (Phi) is 6.43. The van der Waals surface area contributed by atoms with E-state index in [-0.39, 0.29) is 11.7 Å². The van der Waals surface area contributed by atoms with Gasteiger partial charge in [0.1, 0.15) is 5.82 Å². The van der Waals surface area contributed by atoms with Gasteiger partial charge in [-0.2, -0.15) is 0 Å². The normalized spacial score (nSPS) is 10.8. The molecule has 1 amide bonds. The van der Waals surface area contributed by atoms with E-state index >= 15 is 0 Å². The molecule has 0 aliphatic carbocycles. The lowest BCUT2D eigenvalue weighted by atomic mass is 10.1. The Bertz CT molecular complexity index is 1190. The van der Waals surface area contributed by atoms with E-state index in [1.807, 2.05) is 53.1 Å². The van der Waals surface area contributed by atoms with Gasteiger partial charge in [0.2, 0.25) is 0 Å². The Balaban J connectivity index is 1.65. The number of rotatable bonds is 7. The number of nitrogens with one attached hydrogen (secondary N) is 1. The third kappa shape index (κ3) is 4.83. The number of carbonyl (C=O) groups is 1. The van der Waals surface area contributed by atoms with E-state index in [1.165, 1.54) is 17.8 Å². The van der Waals surface area contributed by atoms with Crippen LogP contribution in [0.4, 0.5) is 4.39 Å². The van der Waals surface area contributed by atoms with Gasteiger partial charge >= 0.3 is 0 Å². The first-order chi connectivity index (χ1) is 15.2. The number of thioether (sulfide) groups is 1. The maximum absolute atomic E-state index is 14.5. The second-order valence-electron chi connectivity index (χ2n) is 6.93. The molecule has 4 rings (SSSR count). The average Bonchev–Trinajstić information content (AvgIpc) is 3.20. The van der Waals surface area contributed by atoms with Crippen LogP contribution in [0.25, 0.3) is 11.4 Å². The molecule has 5 nitrogen and oxygen atoms in total. The van der Waals surface area contributed by atoms with Crippen molar-refractivity contribution >= 4 is 17.7 Å². The van der Waals surface area contributed by atoms with Gasteiger partial charge in [0, 0.05) is 18.4 Å². The molecule has 1 heterocycles. The minimum absolute atomic E-state index is 0.124. The third-order valence-corrected chi connectivity index (χ3v) is 5.84. The van der Waals surface area contributed by atoms with E-state index in [0.29, 0.717) is 34.4 Å². The Morgan fingerprint density at radius 1 is 0.968 bits per heavy atom. The number of nitrogens with zero attached hydrogens (tertiary/aromatic N) is 3. The molecule has 0 aliphatic heterocycles. The van der Waals surface area contributed by atoms with Crippen LogP contribution in [0, 0.1) is 5.82 Å². The van der Waals surface area contributed by atoms with Crippen molar-refractivity contribution in [2.24, 2.45) is 0 Å². The van der Waals surface area contributed by atoms with E-state index in [9.17, 15) is 9.18 Å². The largest absolute Gasteiger partial charge is 0.355 e. The zero-order valence-electron chi connectivity index (χ0n) is 17.0. The average molecular weight is 433 g/mol. The van der Waals surface area contributed by atoms with Gasteiger partial charge in [0.25, 0.3) is 5.91 Å². The fraction of sp³-hybridized carbons (Fsp3) is 0.125. The van der Waals surface area contributed by atoms with Crippen LogP contribution in [0.1, 0.15) is 21.5 Å². The zero-order chi connectivity index (χ0) is 21.6. The summed E-state index contributed by atoms with van der Waals surface area (Å²) in [5, 5.41) is 12.0. The summed E-state index contributed by atoms with van der Waals surface area (Å²) < 4.78 is 16.4. The monoisotopic (exact) mass is 432 g/mol.